The molecule has 0 atom stereocenters. The zero-order valence-corrected chi connectivity index (χ0v) is 8.64. The predicted octanol–water partition coefficient (Wildman–Crippen LogP) is 1.07. The first kappa shape index (κ1) is 9.98. The zero-order chi connectivity index (χ0) is 10.1. The fourth-order valence-electron chi connectivity index (χ4n) is 0.905. The molecule has 0 aliphatic heterocycles. The van der Waals surface area contributed by atoms with Crippen molar-refractivity contribution in [3.8, 4) is 0 Å². The summed E-state index contributed by atoms with van der Waals surface area (Å²) >= 11 is 0. The van der Waals surface area contributed by atoms with Gasteiger partial charge in [0, 0.05) is 5.69 Å². The first-order valence-corrected chi connectivity index (χ1v) is 5.70. The Kier molecular flexibility index (Phi) is 2.56. The Balaban J connectivity index is 3.08. The van der Waals surface area contributed by atoms with Crippen LogP contribution < -0.4 is 4.72 Å². The minimum Gasteiger partial charge on any atom is -0.267 e. The van der Waals surface area contributed by atoms with Gasteiger partial charge in [-0.2, -0.15) is 0 Å². The van der Waals surface area contributed by atoms with E-state index in [1.165, 1.54) is 0 Å². The Hall–Kier alpha value is -1.10. The van der Waals surface area contributed by atoms with E-state index in [0.29, 0.717) is 5.82 Å². The lowest BCUT2D eigenvalue weighted by atomic mass is 10.2. The van der Waals surface area contributed by atoms with E-state index in [1.807, 2.05) is 19.1 Å². The number of nitrogens with one attached hydrogen (secondary N) is 1. The topological polar surface area (TPSA) is 59.1 Å². The van der Waals surface area contributed by atoms with Gasteiger partial charge in [-0.3, -0.25) is 4.72 Å². The Bertz CT molecular complexity index is 412. The Labute approximate surface area is 78.1 Å². The fraction of sp³-hybridized carbons (Fsp3) is 0.375. The predicted molar refractivity (Wildman–Crippen MR) is 52.2 cm³/mol. The number of pyridine rings is 1. The number of sulfonamides is 1. The average molecular weight is 200 g/mol. The number of nitrogens with zero attached hydrogens (tertiary/aromatic N) is 1. The molecule has 4 nitrogen and oxygen atoms in total. The van der Waals surface area contributed by atoms with Crippen molar-refractivity contribution in [2.75, 3.05) is 11.0 Å². The summed E-state index contributed by atoms with van der Waals surface area (Å²) in [4.78, 5) is 4.07. The molecule has 0 aliphatic rings. The molecule has 72 valence electrons. The number of rotatable bonds is 2. The van der Waals surface area contributed by atoms with Gasteiger partial charge in [-0.15, -0.1) is 0 Å². The quantitative estimate of drug-likeness (QED) is 0.776. The SMILES string of the molecule is Cc1ccc(C)c(NS(C)(=O)=O)n1. The van der Waals surface area contributed by atoms with E-state index >= 15 is 0 Å². The molecule has 0 spiro atoms. The summed E-state index contributed by atoms with van der Waals surface area (Å²) < 4.78 is 24.2. The van der Waals surface area contributed by atoms with Crippen LogP contribution in [-0.4, -0.2) is 19.7 Å². The summed E-state index contributed by atoms with van der Waals surface area (Å²) in [6, 6.07) is 3.67. The maximum atomic E-state index is 10.9. The molecule has 0 saturated carbocycles. The third-order valence-corrected chi connectivity index (χ3v) is 2.08. The molecule has 0 radical (unpaired) electrons. The second-order valence-corrected chi connectivity index (χ2v) is 4.74. The molecule has 1 aromatic rings. The van der Waals surface area contributed by atoms with Gasteiger partial charge in [0.15, 0.2) is 0 Å². The van der Waals surface area contributed by atoms with Crippen molar-refractivity contribution in [2.24, 2.45) is 0 Å². The van der Waals surface area contributed by atoms with E-state index in [0.717, 1.165) is 17.5 Å². The van der Waals surface area contributed by atoms with E-state index in [9.17, 15) is 8.42 Å². The second kappa shape index (κ2) is 3.33. The molecule has 0 aliphatic carbocycles. The average Bonchev–Trinajstić information content (AvgIpc) is 1.94. The summed E-state index contributed by atoms with van der Waals surface area (Å²) in [5.74, 6) is 0.405. The van der Waals surface area contributed by atoms with E-state index < -0.39 is 10.0 Å². The molecule has 0 aromatic carbocycles. The molecule has 1 aromatic heterocycles. The van der Waals surface area contributed by atoms with Gasteiger partial charge in [-0.05, 0) is 25.5 Å². The minimum atomic E-state index is -3.23. The summed E-state index contributed by atoms with van der Waals surface area (Å²) in [6.07, 6.45) is 1.11. The van der Waals surface area contributed by atoms with Gasteiger partial charge >= 0.3 is 0 Å². The molecular weight excluding hydrogens is 188 g/mol. The number of hydrogen-bond donors (Lipinski definition) is 1. The van der Waals surface area contributed by atoms with E-state index in [1.54, 1.807) is 6.92 Å². The Morgan fingerprint density at radius 2 is 1.92 bits per heavy atom. The highest BCUT2D eigenvalue weighted by atomic mass is 32.2. The van der Waals surface area contributed by atoms with Crippen LogP contribution in [0.25, 0.3) is 0 Å². The van der Waals surface area contributed by atoms with Crippen LogP contribution >= 0.6 is 0 Å². The molecule has 0 bridgehead atoms. The fourth-order valence-corrected chi connectivity index (χ4v) is 1.46. The van der Waals surface area contributed by atoms with Gasteiger partial charge in [0.1, 0.15) is 5.82 Å². The maximum absolute atomic E-state index is 10.9. The molecular formula is C8H12N2O2S. The van der Waals surface area contributed by atoms with Crippen molar-refractivity contribution in [3.63, 3.8) is 0 Å². The zero-order valence-electron chi connectivity index (χ0n) is 7.83. The standard InChI is InChI=1S/C8H12N2O2S/c1-6-4-5-7(2)9-8(6)10-13(3,11)12/h4-5H,1-3H3,(H,9,10). The van der Waals surface area contributed by atoms with Crippen molar-refractivity contribution in [1.29, 1.82) is 0 Å². The highest BCUT2D eigenvalue weighted by Crippen LogP contribution is 2.12. The first-order chi connectivity index (χ1) is 5.88. The van der Waals surface area contributed by atoms with Crippen molar-refractivity contribution in [2.45, 2.75) is 13.8 Å². The van der Waals surface area contributed by atoms with Crippen molar-refractivity contribution in [3.05, 3.63) is 23.4 Å². The largest absolute Gasteiger partial charge is 0.267 e. The summed E-state index contributed by atoms with van der Waals surface area (Å²) in [7, 11) is -3.23. The Morgan fingerprint density at radius 1 is 1.31 bits per heavy atom. The van der Waals surface area contributed by atoms with Crippen LogP contribution in [0.2, 0.25) is 0 Å². The molecule has 0 saturated heterocycles. The lowest BCUT2D eigenvalue weighted by Crippen LogP contribution is -2.12. The lowest BCUT2D eigenvalue weighted by Gasteiger charge is -2.06. The lowest BCUT2D eigenvalue weighted by molar-refractivity contribution is 0.606. The van der Waals surface area contributed by atoms with E-state index in [4.69, 9.17) is 0 Å². The third-order valence-electron chi connectivity index (χ3n) is 1.52. The van der Waals surface area contributed by atoms with Gasteiger partial charge < -0.3 is 0 Å². The first-order valence-electron chi connectivity index (χ1n) is 3.80. The molecule has 5 heteroatoms. The molecule has 13 heavy (non-hydrogen) atoms. The summed E-state index contributed by atoms with van der Waals surface area (Å²) in [6.45, 7) is 3.62. The van der Waals surface area contributed by atoms with Crippen molar-refractivity contribution < 1.29 is 8.42 Å². The van der Waals surface area contributed by atoms with E-state index in [2.05, 4.69) is 9.71 Å². The van der Waals surface area contributed by atoms with Gasteiger partial charge in [0.05, 0.1) is 6.26 Å². The summed E-state index contributed by atoms with van der Waals surface area (Å²) in [5.41, 5.74) is 1.60. The highest BCUT2D eigenvalue weighted by molar-refractivity contribution is 7.92. The van der Waals surface area contributed by atoms with Gasteiger partial charge in [0.25, 0.3) is 0 Å². The molecule has 1 N–H and O–H groups in total. The maximum Gasteiger partial charge on any atom is 0.230 e. The normalized spacial score (nSPS) is 11.3. The highest BCUT2D eigenvalue weighted by Gasteiger charge is 2.05. The monoisotopic (exact) mass is 200 g/mol. The van der Waals surface area contributed by atoms with Gasteiger partial charge in [0.2, 0.25) is 10.0 Å². The van der Waals surface area contributed by atoms with Crippen molar-refractivity contribution >= 4 is 15.8 Å². The van der Waals surface area contributed by atoms with Crippen LogP contribution in [0.5, 0.6) is 0 Å². The molecule has 0 amide bonds. The van der Waals surface area contributed by atoms with Gasteiger partial charge in [-0.1, -0.05) is 6.07 Å². The minimum absolute atomic E-state index is 0.405. The molecule has 0 fully saturated rings. The molecule has 1 rings (SSSR count). The van der Waals surface area contributed by atoms with Crippen LogP contribution in [0.15, 0.2) is 12.1 Å². The van der Waals surface area contributed by atoms with Crippen LogP contribution in [0.1, 0.15) is 11.3 Å². The molecule has 0 unspecified atom stereocenters. The second-order valence-electron chi connectivity index (χ2n) is 2.99. The molecule has 1 heterocycles. The third kappa shape index (κ3) is 3.02. The van der Waals surface area contributed by atoms with Crippen LogP contribution in [0.4, 0.5) is 5.82 Å². The number of anilines is 1. The van der Waals surface area contributed by atoms with Crippen LogP contribution in [0.3, 0.4) is 0 Å². The van der Waals surface area contributed by atoms with E-state index in [-0.39, 0.29) is 0 Å². The number of hydrogen-bond acceptors (Lipinski definition) is 3. The van der Waals surface area contributed by atoms with Crippen LogP contribution in [0, 0.1) is 13.8 Å². The van der Waals surface area contributed by atoms with Gasteiger partial charge in [-0.25, -0.2) is 13.4 Å². The van der Waals surface area contributed by atoms with Crippen LogP contribution in [-0.2, 0) is 10.0 Å². The Morgan fingerprint density at radius 3 is 2.46 bits per heavy atom. The summed E-state index contributed by atoms with van der Waals surface area (Å²) in [5, 5.41) is 0. The smallest absolute Gasteiger partial charge is 0.230 e. The van der Waals surface area contributed by atoms with Crippen molar-refractivity contribution in [1.82, 2.24) is 4.98 Å². The number of aryl methyl sites for hydroxylation is 2. The number of aromatic nitrogens is 1.